The van der Waals surface area contributed by atoms with Crippen LogP contribution in [0.25, 0.3) is 0 Å². The van der Waals surface area contributed by atoms with E-state index in [0.717, 1.165) is 10.6 Å². The molecule has 0 radical (unpaired) electrons. The molecule has 0 aromatic heterocycles. The molecule has 2 aromatic rings. The summed E-state index contributed by atoms with van der Waals surface area (Å²) in [7, 11) is -3.88. The number of halogens is 2. The molecule has 1 aliphatic rings. The van der Waals surface area contributed by atoms with E-state index in [0.29, 0.717) is 53.3 Å². The maximum absolute atomic E-state index is 13.8. The van der Waals surface area contributed by atoms with Crippen LogP contribution in [0.4, 0.5) is 5.69 Å². The van der Waals surface area contributed by atoms with Gasteiger partial charge in [0.2, 0.25) is 21.8 Å². The Bertz CT molecular complexity index is 1270. The van der Waals surface area contributed by atoms with E-state index in [1.807, 2.05) is 13.8 Å². The number of amides is 2. The first-order valence-corrected chi connectivity index (χ1v) is 14.9. The van der Waals surface area contributed by atoms with Crippen molar-refractivity contribution in [1.29, 1.82) is 0 Å². The summed E-state index contributed by atoms with van der Waals surface area (Å²) in [6.07, 6.45) is 1.34. The first-order chi connectivity index (χ1) is 17.9. The highest BCUT2D eigenvalue weighted by Gasteiger charge is 2.32. The minimum atomic E-state index is -3.88. The molecular formula is C26H33Cl2N3O6S. The highest BCUT2D eigenvalue weighted by Crippen LogP contribution is 2.35. The van der Waals surface area contributed by atoms with E-state index in [2.05, 4.69) is 5.32 Å². The number of rotatable bonds is 11. The van der Waals surface area contributed by atoms with Crippen molar-refractivity contribution in [2.75, 3.05) is 36.9 Å². The van der Waals surface area contributed by atoms with Crippen LogP contribution in [-0.4, -0.2) is 63.7 Å². The summed E-state index contributed by atoms with van der Waals surface area (Å²) in [5, 5.41) is 3.55. The van der Waals surface area contributed by atoms with Crippen molar-refractivity contribution in [2.45, 2.75) is 39.8 Å². The number of nitrogens with zero attached hydrogens (tertiary/aromatic N) is 2. The van der Waals surface area contributed by atoms with Gasteiger partial charge in [-0.15, -0.1) is 0 Å². The van der Waals surface area contributed by atoms with Crippen molar-refractivity contribution in [2.24, 2.45) is 5.92 Å². The zero-order valence-electron chi connectivity index (χ0n) is 21.9. The van der Waals surface area contributed by atoms with Crippen molar-refractivity contribution < 1.29 is 27.5 Å². The van der Waals surface area contributed by atoms with Crippen LogP contribution in [0, 0.1) is 5.92 Å². The smallest absolute Gasteiger partial charge is 0.244 e. The number of sulfonamides is 1. The molecule has 208 valence electrons. The third-order valence-corrected chi connectivity index (χ3v) is 7.78. The third-order valence-electron chi connectivity index (χ3n) is 5.90. The van der Waals surface area contributed by atoms with Crippen LogP contribution < -0.4 is 19.1 Å². The molecule has 12 heteroatoms. The molecule has 1 N–H and O–H groups in total. The molecule has 2 aromatic carbocycles. The molecule has 0 saturated carbocycles. The molecular weight excluding hydrogens is 553 g/mol. The maximum atomic E-state index is 13.8. The molecule has 0 saturated heterocycles. The van der Waals surface area contributed by atoms with Gasteiger partial charge in [0.05, 0.1) is 22.0 Å². The van der Waals surface area contributed by atoms with E-state index in [9.17, 15) is 18.0 Å². The van der Waals surface area contributed by atoms with Gasteiger partial charge in [0, 0.05) is 19.2 Å². The molecule has 1 aliphatic heterocycles. The normalized spacial score (nSPS) is 13.7. The Hall–Kier alpha value is -2.69. The van der Waals surface area contributed by atoms with Gasteiger partial charge in [0.15, 0.2) is 11.5 Å². The zero-order valence-corrected chi connectivity index (χ0v) is 24.2. The van der Waals surface area contributed by atoms with Crippen molar-refractivity contribution >= 4 is 50.7 Å². The molecule has 1 atom stereocenters. The Balaban J connectivity index is 1.95. The van der Waals surface area contributed by atoms with Gasteiger partial charge in [-0.3, -0.25) is 13.9 Å². The van der Waals surface area contributed by atoms with E-state index < -0.39 is 28.5 Å². The lowest BCUT2D eigenvalue weighted by atomic mass is 10.1. The van der Waals surface area contributed by atoms with Gasteiger partial charge in [0.1, 0.15) is 25.8 Å². The fraction of sp³-hybridized carbons (Fsp3) is 0.462. The highest BCUT2D eigenvalue weighted by atomic mass is 35.5. The molecule has 1 heterocycles. The first-order valence-electron chi connectivity index (χ1n) is 12.3. The van der Waals surface area contributed by atoms with Crippen LogP contribution in [-0.2, 0) is 26.2 Å². The Morgan fingerprint density at radius 2 is 1.71 bits per heavy atom. The fourth-order valence-electron chi connectivity index (χ4n) is 3.98. The van der Waals surface area contributed by atoms with Gasteiger partial charge in [-0.05, 0) is 42.2 Å². The predicted octanol–water partition coefficient (Wildman–Crippen LogP) is 4.11. The average Bonchev–Trinajstić information content (AvgIpc) is 2.86. The lowest BCUT2D eigenvalue weighted by molar-refractivity contribution is -0.140. The third kappa shape index (κ3) is 7.68. The standard InChI is InChI=1S/C26H33Cl2N3O6S/c1-5-22(26(33)29-14-17(2)3)30(15-18-6-8-20(27)21(28)12-18)25(32)16-31(38(4,34)35)19-7-9-23-24(13-19)37-11-10-36-23/h6-9,12-13,17,22H,5,10-11,14-16H2,1-4H3,(H,29,33)/t22-/m0/s1. The largest absolute Gasteiger partial charge is 0.486 e. The van der Waals surface area contributed by atoms with E-state index in [1.54, 1.807) is 37.3 Å². The lowest BCUT2D eigenvalue weighted by Gasteiger charge is -2.33. The fourth-order valence-corrected chi connectivity index (χ4v) is 5.14. The van der Waals surface area contributed by atoms with Crippen LogP contribution in [0.1, 0.15) is 32.8 Å². The van der Waals surface area contributed by atoms with E-state index >= 15 is 0 Å². The minimum Gasteiger partial charge on any atom is -0.486 e. The van der Waals surface area contributed by atoms with E-state index in [4.69, 9.17) is 32.7 Å². The van der Waals surface area contributed by atoms with Gasteiger partial charge in [-0.1, -0.05) is 50.0 Å². The second-order valence-corrected chi connectivity index (χ2v) is 12.2. The molecule has 0 spiro atoms. The van der Waals surface area contributed by atoms with E-state index in [-0.39, 0.29) is 24.1 Å². The van der Waals surface area contributed by atoms with Gasteiger partial charge in [-0.2, -0.15) is 0 Å². The van der Waals surface area contributed by atoms with Crippen LogP contribution in [0.15, 0.2) is 36.4 Å². The monoisotopic (exact) mass is 585 g/mol. The summed E-state index contributed by atoms with van der Waals surface area (Å²) in [6, 6.07) is 8.79. The Labute approximate surface area is 234 Å². The zero-order chi connectivity index (χ0) is 28.0. The Morgan fingerprint density at radius 1 is 1.03 bits per heavy atom. The number of ether oxygens (including phenoxy) is 2. The SMILES string of the molecule is CC[C@@H](C(=O)NCC(C)C)N(Cc1ccc(Cl)c(Cl)c1)C(=O)CN(c1ccc2c(c1)OCCO2)S(C)(=O)=O. The second-order valence-electron chi connectivity index (χ2n) is 9.43. The van der Waals surface area contributed by atoms with Crippen molar-refractivity contribution in [3.63, 3.8) is 0 Å². The van der Waals surface area contributed by atoms with Crippen LogP contribution >= 0.6 is 23.2 Å². The minimum absolute atomic E-state index is 0.0298. The molecule has 0 fully saturated rings. The molecule has 0 bridgehead atoms. The van der Waals surface area contributed by atoms with Crippen LogP contribution in [0.3, 0.4) is 0 Å². The number of anilines is 1. The quantitative estimate of drug-likeness (QED) is 0.425. The number of nitrogens with one attached hydrogen (secondary N) is 1. The Morgan fingerprint density at radius 3 is 2.32 bits per heavy atom. The summed E-state index contributed by atoms with van der Waals surface area (Å²) in [4.78, 5) is 28.3. The number of benzene rings is 2. The molecule has 9 nitrogen and oxygen atoms in total. The number of fused-ring (bicyclic) bond motifs is 1. The average molecular weight is 587 g/mol. The number of hydrogen-bond acceptors (Lipinski definition) is 6. The lowest BCUT2D eigenvalue weighted by Crippen LogP contribution is -2.52. The summed E-state index contributed by atoms with van der Waals surface area (Å²) in [5.41, 5.74) is 0.894. The summed E-state index contributed by atoms with van der Waals surface area (Å²) in [6.45, 7) is 6.40. The highest BCUT2D eigenvalue weighted by molar-refractivity contribution is 7.92. The van der Waals surface area contributed by atoms with Gasteiger partial charge in [-0.25, -0.2) is 8.42 Å². The van der Waals surface area contributed by atoms with Gasteiger partial charge < -0.3 is 19.7 Å². The number of carbonyl (C=O) groups excluding carboxylic acids is 2. The predicted molar refractivity (Wildman–Crippen MR) is 149 cm³/mol. The topological polar surface area (TPSA) is 105 Å². The van der Waals surface area contributed by atoms with Gasteiger partial charge in [0.25, 0.3) is 0 Å². The molecule has 3 rings (SSSR count). The summed E-state index contributed by atoms with van der Waals surface area (Å²) < 4.78 is 37.8. The molecule has 0 aliphatic carbocycles. The molecule has 2 amide bonds. The van der Waals surface area contributed by atoms with Crippen molar-refractivity contribution in [1.82, 2.24) is 10.2 Å². The maximum Gasteiger partial charge on any atom is 0.244 e. The Kier molecular flexibility index (Phi) is 10.1. The first kappa shape index (κ1) is 29.9. The van der Waals surface area contributed by atoms with Crippen molar-refractivity contribution in [3.05, 3.63) is 52.0 Å². The van der Waals surface area contributed by atoms with Crippen LogP contribution in [0.2, 0.25) is 10.0 Å². The van der Waals surface area contributed by atoms with Gasteiger partial charge >= 0.3 is 0 Å². The second kappa shape index (κ2) is 12.9. The van der Waals surface area contributed by atoms with E-state index in [1.165, 1.54) is 11.0 Å². The molecule has 0 unspecified atom stereocenters. The van der Waals surface area contributed by atoms with Crippen molar-refractivity contribution in [3.8, 4) is 11.5 Å². The summed E-state index contributed by atoms with van der Waals surface area (Å²) in [5.74, 6) is 0.227. The summed E-state index contributed by atoms with van der Waals surface area (Å²) >= 11 is 12.3. The molecule has 38 heavy (non-hydrogen) atoms. The van der Waals surface area contributed by atoms with Crippen LogP contribution in [0.5, 0.6) is 11.5 Å². The number of hydrogen-bond donors (Lipinski definition) is 1. The number of carbonyl (C=O) groups is 2.